The smallest absolute Gasteiger partial charge is 0.142 e. The quantitative estimate of drug-likeness (QED) is 0.743. The summed E-state index contributed by atoms with van der Waals surface area (Å²) in [6, 6.07) is 3.69. The minimum Gasteiger partial charge on any atom is -0.392 e. The van der Waals surface area contributed by atoms with E-state index in [1.54, 1.807) is 0 Å². The van der Waals surface area contributed by atoms with Gasteiger partial charge in [-0.15, -0.1) is 11.3 Å². The van der Waals surface area contributed by atoms with Crippen LogP contribution < -0.4 is 0 Å². The van der Waals surface area contributed by atoms with Gasteiger partial charge in [-0.05, 0) is 24.1 Å². The average Bonchev–Trinajstić information content (AvgIpc) is 2.49. The Morgan fingerprint density at radius 1 is 1.46 bits per heavy atom. The highest BCUT2D eigenvalue weighted by Crippen LogP contribution is 2.29. The van der Waals surface area contributed by atoms with Crippen LogP contribution in [-0.4, -0.2) is 5.11 Å². The van der Waals surface area contributed by atoms with Crippen LogP contribution in [0.25, 0.3) is 10.1 Å². The molecular formula is C10H9FOS. The van der Waals surface area contributed by atoms with E-state index in [1.165, 1.54) is 16.7 Å². The molecule has 1 nitrogen and oxygen atoms in total. The SMILES string of the molecule is Cc1c(CO)ccc2scc(F)c12. The zero-order chi connectivity index (χ0) is 9.42. The number of aryl methyl sites for hydroxylation is 1. The van der Waals surface area contributed by atoms with Gasteiger partial charge in [-0.3, -0.25) is 0 Å². The Labute approximate surface area is 79.4 Å². The van der Waals surface area contributed by atoms with Crippen LogP contribution >= 0.6 is 11.3 Å². The number of aliphatic hydroxyl groups excluding tert-OH is 1. The van der Waals surface area contributed by atoms with Crippen molar-refractivity contribution < 1.29 is 9.50 Å². The van der Waals surface area contributed by atoms with Crippen molar-refractivity contribution in [1.82, 2.24) is 0 Å². The molecule has 0 saturated heterocycles. The van der Waals surface area contributed by atoms with Crippen LogP contribution in [0.5, 0.6) is 0 Å². The lowest BCUT2D eigenvalue weighted by Crippen LogP contribution is -1.88. The van der Waals surface area contributed by atoms with Gasteiger partial charge in [0.15, 0.2) is 0 Å². The Hall–Kier alpha value is -0.930. The van der Waals surface area contributed by atoms with Crippen molar-refractivity contribution in [2.75, 3.05) is 0 Å². The molecule has 0 fully saturated rings. The first-order valence-electron chi connectivity index (χ1n) is 4.00. The van der Waals surface area contributed by atoms with Gasteiger partial charge < -0.3 is 5.11 Å². The molecule has 0 radical (unpaired) electrons. The first-order chi connectivity index (χ1) is 6.24. The minimum atomic E-state index is -0.187. The number of aliphatic hydroxyl groups is 1. The molecule has 1 aromatic heterocycles. The van der Waals surface area contributed by atoms with Crippen LogP contribution in [0.15, 0.2) is 17.5 Å². The molecule has 68 valence electrons. The van der Waals surface area contributed by atoms with Gasteiger partial charge in [0.05, 0.1) is 6.61 Å². The Morgan fingerprint density at radius 2 is 2.23 bits per heavy atom. The fourth-order valence-corrected chi connectivity index (χ4v) is 2.33. The molecular weight excluding hydrogens is 187 g/mol. The van der Waals surface area contributed by atoms with Gasteiger partial charge in [0.2, 0.25) is 0 Å². The molecule has 0 bridgehead atoms. The molecule has 0 spiro atoms. The predicted octanol–water partition coefficient (Wildman–Crippen LogP) is 2.84. The van der Waals surface area contributed by atoms with Crippen molar-refractivity contribution >= 4 is 21.4 Å². The summed E-state index contributed by atoms with van der Waals surface area (Å²) in [6.07, 6.45) is 0. The molecule has 0 aliphatic carbocycles. The molecule has 1 aromatic carbocycles. The van der Waals surface area contributed by atoms with E-state index in [4.69, 9.17) is 5.11 Å². The van der Waals surface area contributed by atoms with Crippen LogP contribution in [0.2, 0.25) is 0 Å². The van der Waals surface area contributed by atoms with E-state index in [0.717, 1.165) is 15.8 Å². The van der Waals surface area contributed by atoms with Crippen molar-refractivity contribution in [1.29, 1.82) is 0 Å². The maximum absolute atomic E-state index is 13.3. The number of rotatable bonds is 1. The van der Waals surface area contributed by atoms with Gasteiger partial charge in [-0.2, -0.15) is 0 Å². The molecule has 0 aliphatic rings. The molecule has 0 amide bonds. The Kier molecular flexibility index (Phi) is 2.06. The van der Waals surface area contributed by atoms with Gasteiger partial charge in [0, 0.05) is 15.5 Å². The number of thiophene rings is 1. The topological polar surface area (TPSA) is 20.2 Å². The van der Waals surface area contributed by atoms with E-state index in [1.807, 2.05) is 19.1 Å². The number of hydrogen-bond donors (Lipinski definition) is 1. The van der Waals surface area contributed by atoms with Crippen LogP contribution in [0.4, 0.5) is 4.39 Å². The number of halogens is 1. The predicted molar refractivity (Wildman–Crippen MR) is 52.4 cm³/mol. The Balaban J connectivity index is 2.83. The van der Waals surface area contributed by atoms with E-state index in [-0.39, 0.29) is 12.4 Å². The normalized spacial score (nSPS) is 11.0. The van der Waals surface area contributed by atoms with Gasteiger partial charge in [0.25, 0.3) is 0 Å². The molecule has 2 aromatic rings. The number of hydrogen-bond acceptors (Lipinski definition) is 2. The maximum atomic E-state index is 13.3. The van der Waals surface area contributed by atoms with E-state index in [0.29, 0.717) is 5.39 Å². The zero-order valence-corrected chi connectivity index (χ0v) is 7.99. The van der Waals surface area contributed by atoms with E-state index in [2.05, 4.69) is 0 Å². The van der Waals surface area contributed by atoms with Crippen molar-refractivity contribution in [2.24, 2.45) is 0 Å². The molecule has 0 unspecified atom stereocenters. The standard InChI is InChI=1S/C10H9FOS/c1-6-7(4-12)2-3-9-10(6)8(11)5-13-9/h2-3,5,12H,4H2,1H3. The lowest BCUT2D eigenvalue weighted by molar-refractivity contribution is 0.281. The summed E-state index contributed by atoms with van der Waals surface area (Å²) in [4.78, 5) is 0. The van der Waals surface area contributed by atoms with Crippen LogP contribution in [0.3, 0.4) is 0 Å². The van der Waals surface area contributed by atoms with Crippen molar-refractivity contribution in [2.45, 2.75) is 13.5 Å². The third-order valence-electron chi connectivity index (χ3n) is 2.24. The minimum absolute atomic E-state index is 0.0307. The van der Waals surface area contributed by atoms with Crippen LogP contribution in [0, 0.1) is 12.7 Å². The van der Waals surface area contributed by atoms with Gasteiger partial charge in [0.1, 0.15) is 5.82 Å². The third-order valence-corrected chi connectivity index (χ3v) is 3.16. The zero-order valence-electron chi connectivity index (χ0n) is 7.17. The fourth-order valence-electron chi connectivity index (χ4n) is 1.47. The summed E-state index contributed by atoms with van der Waals surface area (Å²) in [5.74, 6) is -0.187. The summed E-state index contributed by atoms with van der Waals surface area (Å²) in [5.41, 5.74) is 1.64. The van der Waals surface area contributed by atoms with Gasteiger partial charge in [-0.25, -0.2) is 4.39 Å². The Bertz CT molecular complexity index is 447. The van der Waals surface area contributed by atoms with Gasteiger partial charge in [-0.1, -0.05) is 6.07 Å². The van der Waals surface area contributed by atoms with Crippen LogP contribution in [-0.2, 0) is 6.61 Å². The second-order valence-electron chi connectivity index (χ2n) is 2.96. The lowest BCUT2D eigenvalue weighted by atomic mass is 10.1. The van der Waals surface area contributed by atoms with Crippen molar-refractivity contribution in [3.8, 4) is 0 Å². The highest BCUT2D eigenvalue weighted by Gasteiger charge is 2.08. The molecule has 13 heavy (non-hydrogen) atoms. The van der Waals surface area contributed by atoms with E-state index in [9.17, 15) is 4.39 Å². The van der Waals surface area contributed by atoms with E-state index >= 15 is 0 Å². The summed E-state index contributed by atoms with van der Waals surface area (Å²) in [7, 11) is 0. The highest BCUT2D eigenvalue weighted by atomic mass is 32.1. The molecule has 0 atom stereocenters. The van der Waals surface area contributed by atoms with Gasteiger partial charge >= 0.3 is 0 Å². The summed E-state index contributed by atoms with van der Waals surface area (Å²) in [5, 5.41) is 11.1. The molecule has 1 heterocycles. The Morgan fingerprint density at radius 3 is 2.92 bits per heavy atom. The first-order valence-corrected chi connectivity index (χ1v) is 4.88. The first kappa shape index (κ1) is 8.66. The fraction of sp³-hybridized carbons (Fsp3) is 0.200. The number of fused-ring (bicyclic) bond motifs is 1. The molecule has 0 aliphatic heterocycles. The second-order valence-corrected chi connectivity index (χ2v) is 3.88. The van der Waals surface area contributed by atoms with Crippen molar-refractivity contribution in [3.05, 3.63) is 34.5 Å². The third kappa shape index (κ3) is 1.24. The number of benzene rings is 1. The van der Waals surface area contributed by atoms with Crippen molar-refractivity contribution in [3.63, 3.8) is 0 Å². The molecule has 1 N–H and O–H groups in total. The molecule has 3 heteroatoms. The summed E-state index contributed by atoms with van der Waals surface area (Å²) < 4.78 is 14.2. The highest BCUT2D eigenvalue weighted by molar-refractivity contribution is 7.17. The largest absolute Gasteiger partial charge is 0.392 e. The van der Waals surface area contributed by atoms with Crippen LogP contribution in [0.1, 0.15) is 11.1 Å². The summed E-state index contributed by atoms with van der Waals surface area (Å²) >= 11 is 1.39. The molecule has 0 saturated carbocycles. The molecule has 2 rings (SSSR count). The second kappa shape index (κ2) is 3.09. The monoisotopic (exact) mass is 196 g/mol. The summed E-state index contributed by atoms with van der Waals surface area (Å²) in [6.45, 7) is 1.81. The lowest BCUT2D eigenvalue weighted by Gasteiger charge is -2.02. The maximum Gasteiger partial charge on any atom is 0.142 e. The van der Waals surface area contributed by atoms with E-state index < -0.39 is 0 Å². The average molecular weight is 196 g/mol.